The maximum atomic E-state index is 12.0. The maximum Gasteiger partial charge on any atom is 0.185 e. The molecule has 0 fully saturated rings. The number of hydrogen-bond donors (Lipinski definition) is 3. The van der Waals surface area contributed by atoms with E-state index in [-0.39, 0.29) is 22.8 Å². The normalized spacial score (nSPS) is 10.9. The molecule has 0 heterocycles. The van der Waals surface area contributed by atoms with E-state index >= 15 is 0 Å². The van der Waals surface area contributed by atoms with Gasteiger partial charge in [0.1, 0.15) is 5.75 Å². The van der Waals surface area contributed by atoms with E-state index in [4.69, 9.17) is 0 Å². The second kappa shape index (κ2) is 6.37. The Kier molecular flexibility index (Phi) is 4.55. The van der Waals surface area contributed by atoms with Gasteiger partial charge in [0.05, 0.1) is 5.56 Å². The summed E-state index contributed by atoms with van der Waals surface area (Å²) >= 11 is 1.58. The van der Waals surface area contributed by atoms with Crippen molar-refractivity contribution >= 4 is 23.6 Å². The highest BCUT2D eigenvalue weighted by Crippen LogP contribution is 2.35. The quantitative estimate of drug-likeness (QED) is 0.265. The molecule has 5 heteroatoms. The van der Waals surface area contributed by atoms with Crippen LogP contribution in [0.25, 0.3) is 6.08 Å². The van der Waals surface area contributed by atoms with Crippen LogP contribution in [0.4, 0.5) is 0 Å². The fraction of sp³-hybridized carbons (Fsp3) is 0.0625. The fourth-order valence-electron chi connectivity index (χ4n) is 1.76. The molecule has 0 aliphatic carbocycles. The van der Waals surface area contributed by atoms with Crippen LogP contribution in [0.2, 0.25) is 0 Å². The van der Waals surface area contributed by atoms with Crippen LogP contribution in [0.1, 0.15) is 15.9 Å². The zero-order chi connectivity index (χ0) is 15.4. The molecule has 2 aromatic carbocycles. The molecule has 2 rings (SSSR count). The van der Waals surface area contributed by atoms with Crippen molar-refractivity contribution in [2.45, 2.75) is 4.90 Å². The first kappa shape index (κ1) is 15.0. The van der Waals surface area contributed by atoms with Crippen LogP contribution in [0, 0.1) is 0 Å². The standard InChI is InChI=1S/C16H14O4S/c1-21-11-4-2-10(3-5-11)13(17)7-6-12-14(18)8-9-15(19)16(12)20/h2-9,18-20H,1H3. The van der Waals surface area contributed by atoms with Gasteiger partial charge in [-0.25, -0.2) is 0 Å². The summed E-state index contributed by atoms with van der Waals surface area (Å²) in [7, 11) is 0. The van der Waals surface area contributed by atoms with E-state index in [0.717, 1.165) is 4.90 Å². The number of allylic oxidation sites excluding steroid dienone is 1. The molecule has 0 bridgehead atoms. The van der Waals surface area contributed by atoms with E-state index in [2.05, 4.69) is 0 Å². The minimum Gasteiger partial charge on any atom is -0.507 e. The van der Waals surface area contributed by atoms with E-state index < -0.39 is 5.75 Å². The Morgan fingerprint density at radius 2 is 1.62 bits per heavy atom. The third kappa shape index (κ3) is 3.38. The molecule has 108 valence electrons. The van der Waals surface area contributed by atoms with Gasteiger partial charge in [-0.3, -0.25) is 4.79 Å². The van der Waals surface area contributed by atoms with Crippen molar-refractivity contribution in [2.24, 2.45) is 0 Å². The number of hydrogen-bond acceptors (Lipinski definition) is 5. The maximum absolute atomic E-state index is 12.0. The van der Waals surface area contributed by atoms with Gasteiger partial charge in [0.15, 0.2) is 17.3 Å². The fourth-order valence-corrected chi connectivity index (χ4v) is 2.17. The third-order valence-electron chi connectivity index (χ3n) is 2.95. The summed E-state index contributed by atoms with van der Waals surface area (Å²) < 4.78 is 0. The highest BCUT2D eigenvalue weighted by Gasteiger charge is 2.10. The van der Waals surface area contributed by atoms with Gasteiger partial charge in [-0.05, 0) is 54.8 Å². The van der Waals surface area contributed by atoms with Crippen LogP contribution < -0.4 is 0 Å². The average Bonchev–Trinajstić information content (AvgIpc) is 2.51. The van der Waals surface area contributed by atoms with E-state index in [1.54, 1.807) is 23.9 Å². The Balaban J connectivity index is 2.24. The van der Waals surface area contributed by atoms with Crippen molar-refractivity contribution in [1.29, 1.82) is 0 Å². The molecule has 0 saturated heterocycles. The minimum atomic E-state index is -0.461. The summed E-state index contributed by atoms with van der Waals surface area (Å²) in [4.78, 5) is 13.1. The number of thioether (sulfide) groups is 1. The van der Waals surface area contributed by atoms with Crippen molar-refractivity contribution in [2.75, 3.05) is 6.26 Å². The smallest absolute Gasteiger partial charge is 0.185 e. The molecule has 0 aromatic heterocycles. The molecule has 0 aliphatic rings. The van der Waals surface area contributed by atoms with Crippen LogP contribution in [-0.2, 0) is 0 Å². The first-order chi connectivity index (χ1) is 10.0. The number of carbonyl (C=O) groups is 1. The largest absolute Gasteiger partial charge is 0.507 e. The Morgan fingerprint density at radius 1 is 1.00 bits per heavy atom. The first-order valence-electron chi connectivity index (χ1n) is 6.13. The zero-order valence-electron chi connectivity index (χ0n) is 11.3. The van der Waals surface area contributed by atoms with E-state index in [0.29, 0.717) is 5.56 Å². The molecule has 0 atom stereocenters. The Hall–Kier alpha value is -2.40. The number of phenolic OH excluding ortho intramolecular Hbond substituents is 3. The van der Waals surface area contributed by atoms with Crippen molar-refractivity contribution in [3.8, 4) is 17.2 Å². The van der Waals surface area contributed by atoms with Gasteiger partial charge in [-0.2, -0.15) is 0 Å². The molecular formula is C16H14O4S. The molecule has 0 spiro atoms. The number of carbonyl (C=O) groups excluding carboxylic acids is 1. The Bertz CT molecular complexity index is 690. The molecule has 4 nitrogen and oxygen atoms in total. The summed E-state index contributed by atoms with van der Waals surface area (Å²) in [6.45, 7) is 0. The zero-order valence-corrected chi connectivity index (χ0v) is 12.1. The van der Waals surface area contributed by atoms with Crippen molar-refractivity contribution in [3.05, 3.63) is 53.6 Å². The van der Waals surface area contributed by atoms with Crippen LogP contribution in [0.5, 0.6) is 17.2 Å². The van der Waals surface area contributed by atoms with E-state index in [1.807, 2.05) is 18.4 Å². The van der Waals surface area contributed by atoms with Gasteiger partial charge >= 0.3 is 0 Å². The van der Waals surface area contributed by atoms with Crippen LogP contribution in [0.15, 0.2) is 47.4 Å². The lowest BCUT2D eigenvalue weighted by atomic mass is 10.1. The predicted octanol–water partition coefficient (Wildman–Crippen LogP) is 3.42. The van der Waals surface area contributed by atoms with Gasteiger partial charge < -0.3 is 15.3 Å². The lowest BCUT2D eigenvalue weighted by molar-refractivity contribution is 0.104. The van der Waals surface area contributed by atoms with Gasteiger partial charge in [-0.15, -0.1) is 11.8 Å². The highest BCUT2D eigenvalue weighted by atomic mass is 32.2. The molecule has 21 heavy (non-hydrogen) atoms. The molecule has 0 unspecified atom stereocenters. The summed E-state index contributed by atoms with van der Waals surface area (Å²) in [6, 6.07) is 9.52. The van der Waals surface area contributed by atoms with Crippen molar-refractivity contribution in [3.63, 3.8) is 0 Å². The van der Waals surface area contributed by atoms with Gasteiger partial charge in [0.2, 0.25) is 0 Å². The van der Waals surface area contributed by atoms with E-state index in [9.17, 15) is 20.1 Å². The molecule has 3 N–H and O–H groups in total. The third-order valence-corrected chi connectivity index (χ3v) is 3.69. The highest BCUT2D eigenvalue weighted by molar-refractivity contribution is 7.98. The van der Waals surface area contributed by atoms with Crippen molar-refractivity contribution < 1.29 is 20.1 Å². The number of benzene rings is 2. The molecule has 0 aliphatic heterocycles. The van der Waals surface area contributed by atoms with Crippen LogP contribution in [0.3, 0.4) is 0 Å². The first-order valence-corrected chi connectivity index (χ1v) is 7.35. The molecule has 0 amide bonds. The van der Waals surface area contributed by atoms with Crippen LogP contribution >= 0.6 is 11.8 Å². The lowest BCUT2D eigenvalue weighted by Crippen LogP contribution is -1.93. The SMILES string of the molecule is CSc1ccc(C(=O)C=Cc2c(O)ccc(O)c2O)cc1. The molecular weight excluding hydrogens is 288 g/mol. The van der Waals surface area contributed by atoms with Gasteiger partial charge in [-0.1, -0.05) is 0 Å². The number of aromatic hydroxyl groups is 3. The second-order valence-corrected chi connectivity index (χ2v) is 5.17. The summed E-state index contributed by atoms with van der Waals surface area (Å²) in [5, 5.41) is 28.7. The minimum absolute atomic E-state index is 0.00378. The van der Waals surface area contributed by atoms with Crippen molar-refractivity contribution in [1.82, 2.24) is 0 Å². The predicted molar refractivity (Wildman–Crippen MR) is 83.0 cm³/mol. The average molecular weight is 302 g/mol. The molecule has 2 aromatic rings. The summed E-state index contributed by atoms with van der Waals surface area (Å²) in [5.41, 5.74) is 0.507. The monoisotopic (exact) mass is 302 g/mol. The number of phenols is 3. The Labute approximate surface area is 126 Å². The molecule has 0 radical (unpaired) electrons. The van der Waals surface area contributed by atoms with E-state index in [1.165, 1.54) is 24.3 Å². The lowest BCUT2D eigenvalue weighted by Gasteiger charge is -2.04. The second-order valence-electron chi connectivity index (χ2n) is 4.29. The molecule has 0 saturated carbocycles. The Morgan fingerprint density at radius 3 is 2.24 bits per heavy atom. The van der Waals surface area contributed by atoms with Crippen LogP contribution in [-0.4, -0.2) is 27.4 Å². The number of ketones is 1. The van der Waals surface area contributed by atoms with Gasteiger partial charge in [0.25, 0.3) is 0 Å². The number of rotatable bonds is 4. The van der Waals surface area contributed by atoms with Gasteiger partial charge in [0, 0.05) is 10.5 Å². The summed E-state index contributed by atoms with van der Waals surface area (Å²) in [5.74, 6) is -1.29. The summed E-state index contributed by atoms with van der Waals surface area (Å²) in [6.07, 6.45) is 4.46. The topological polar surface area (TPSA) is 77.8 Å².